The summed E-state index contributed by atoms with van der Waals surface area (Å²) in [6.07, 6.45) is 0. The molecular weight excluding hydrogens is 236 g/mol. The van der Waals surface area contributed by atoms with E-state index in [1.54, 1.807) is 0 Å². The van der Waals surface area contributed by atoms with Crippen LogP contribution in [0.2, 0.25) is 0 Å². The third-order valence-corrected chi connectivity index (χ3v) is 3.26. The Kier molecular flexibility index (Phi) is 2.63. The zero-order chi connectivity index (χ0) is 13.4. The summed E-state index contributed by atoms with van der Waals surface area (Å²) in [7, 11) is 0. The van der Waals surface area contributed by atoms with Gasteiger partial charge >= 0.3 is 0 Å². The van der Waals surface area contributed by atoms with Crippen molar-refractivity contribution in [2.75, 3.05) is 11.5 Å². The second kappa shape index (κ2) is 4.31. The van der Waals surface area contributed by atoms with Gasteiger partial charge in [-0.15, -0.1) is 0 Å². The minimum absolute atomic E-state index is 0.515. The lowest BCUT2D eigenvalue weighted by Gasteiger charge is -2.07. The molecule has 0 spiro atoms. The third kappa shape index (κ3) is 2.12. The molecule has 0 radical (unpaired) electrons. The molecule has 19 heavy (non-hydrogen) atoms. The molecular formula is C15H16N4. The van der Waals surface area contributed by atoms with E-state index in [0.29, 0.717) is 18.2 Å². The maximum absolute atomic E-state index is 5.99. The second-order valence-electron chi connectivity index (χ2n) is 4.79. The summed E-state index contributed by atoms with van der Waals surface area (Å²) in [5, 5.41) is 0. The van der Waals surface area contributed by atoms with Crippen molar-refractivity contribution in [3.8, 4) is 0 Å². The molecule has 0 aliphatic heterocycles. The van der Waals surface area contributed by atoms with Crippen LogP contribution in [0, 0.1) is 6.92 Å². The molecule has 0 aliphatic rings. The number of benzene rings is 2. The molecule has 3 rings (SSSR count). The molecule has 0 atom stereocenters. The first kappa shape index (κ1) is 11.6. The fourth-order valence-electron chi connectivity index (χ4n) is 2.21. The number of nitrogens with two attached hydrogens (primary N) is 2. The SMILES string of the molecule is Cc1ccc(Cn2c(N)nc3cc(N)ccc32)cc1. The number of hydrogen-bond acceptors (Lipinski definition) is 3. The lowest BCUT2D eigenvalue weighted by atomic mass is 10.1. The van der Waals surface area contributed by atoms with Crippen LogP contribution < -0.4 is 11.5 Å². The molecule has 4 nitrogen and oxygen atoms in total. The number of hydrogen-bond donors (Lipinski definition) is 2. The number of nitrogens with zero attached hydrogens (tertiary/aromatic N) is 2. The normalized spacial score (nSPS) is 11.0. The Morgan fingerprint density at radius 2 is 1.79 bits per heavy atom. The summed E-state index contributed by atoms with van der Waals surface area (Å²) < 4.78 is 2.00. The number of imidazole rings is 1. The van der Waals surface area contributed by atoms with Gasteiger partial charge in [-0.25, -0.2) is 4.98 Å². The van der Waals surface area contributed by atoms with Gasteiger partial charge in [-0.3, -0.25) is 0 Å². The van der Waals surface area contributed by atoms with Gasteiger partial charge in [0.15, 0.2) is 0 Å². The lowest BCUT2D eigenvalue weighted by Crippen LogP contribution is -2.04. The highest BCUT2D eigenvalue weighted by atomic mass is 15.1. The van der Waals surface area contributed by atoms with Gasteiger partial charge in [0, 0.05) is 5.69 Å². The van der Waals surface area contributed by atoms with E-state index in [4.69, 9.17) is 11.5 Å². The van der Waals surface area contributed by atoms with Crippen LogP contribution >= 0.6 is 0 Å². The third-order valence-electron chi connectivity index (χ3n) is 3.26. The van der Waals surface area contributed by atoms with Crippen molar-refractivity contribution in [1.29, 1.82) is 0 Å². The van der Waals surface area contributed by atoms with Gasteiger partial charge in [-0.1, -0.05) is 29.8 Å². The average Bonchev–Trinajstić information content (AvgIpc) is 2.68. The molecule has 3 aromatic rings. The van der Waals surface area contributed by atoms with Crippen molar-refractivity contribution in [1.82, 2.24) is 9.55 Å². The van der Waals surface area contributed by atoms with Crippen molar-refractivity contribution < 1.29 is 0 Å². The first-order chi connectivity index (χ1) is 9.13. The highest BCUT2D eigenvalue weighted by Gasteiger charge is 2.08. The fourth-order valence-corrected chi connectivity index (χ4v) is 2.21. The van der Waals surface area contributed by atoms with Crippen LogP contribution in [0.15, 0.2) is 42.5 Å². The summed E-state index contributed by atoms with van der Waals surface area (Å²) in [6.45, 7) is 2.79. The number of rotatable bonds is 2. The number of aromatic nitrogens is 2. The lowest BCUT2D eigenvalue weighted by molar-refractivity contribution is 0.838. The summed E-state index contributed by atoms with van der Waals surface area (Å²) in [5.74, 6) is 0.515. The molecule has 0 saturated heterocycles. The van der Waals surface area contributed by atoms with E-state index in [1.165, 1.54) is 11.1 Å². The van der Waals surface area contributed by atoms with E-state index >= 15 is 0 Å². The van der Waals surface area contributed by atoms with Crippen molar-refractivity contribution >= 4 is 22.7 Å². The van der Waals surface area contributed by atoms with E-state index in [2.05, 4.69) is 36.2 Å². The van der Waals surface area contributed by atoms with Crippen LogP contribution in [0.4, 0.5) is 11.6 Å². The van der Waals surface area contributed by atoms with Crippen LogP contribution in [0.3, 0.4) is 0 Å². The van der Waals surface area contributed by atoms with Gasteiger partial charge in [-0.05, 0) is 30.7 Å². The molecule has 4 heteroatoms. The molecule has 1 aromatic heterocycles. The zero-order valence-electron chi connectivity index (χ0n) is 10.8. The Balaban J connectivity index is 2.05. The van der Waals surface area contributed by atoms with E-state index in [0.717, 1.165) is 11.0 Å². The molecule has 4 N–H and O–H groups in total. The van der Waals surface area contributed by atoms with Gasteiger partial charge in [0.1, 0.15) is 0 Å². The zero-order valence-corrected chi connectivity index (χ0v) is 10.8. The highest BCUT2D eigenvalue weighted by molar-refractivity contribution is 5.81. The first-order valence-electron chi connectivity index (χ1n) is 6.20. The average molecular weight is 252 g/mol. The smallest absolute Gasteiger partial charge is 0.201 e. The van der Waals surface area contributed by atoms with Crippen molar-refractivity contribution in [2.24, 2.45) is 0 Å². The summed E-state index contributed by atoms with van der Waals surface area (Å²) in [4.78, 5) is 4.35. The van der Waals surface area contributed by atoms with E-state index in [9.17, 15) is 0 Å². The Morgan fingerprint density at radius 1 is 1.05 bits per heavy atom. The van der Waals surface area contributed by atoms with Crippen LogP contribution in [-0.4, -0.2) is 9.55 Å². The fraction of sp³-hybridized carbons (Fsp3) is 0.133. The first-order valence-corrected chi connectivity index (χ1v) is 6.20. The number of anilines is 2. The quantitative estimate of drug-likeness (QED) is 0.689. The highest BCUT2D eigenvalue weighted by Crippen LogP contribution is 2.21. The Bertz CT molecular complexity index is 726. The molecule has 0 saturated carbocycles. The summed E-state index contributed by atoms with van der Waals surface area (Å²) in [5.41, 5.74) is 16.8. The molecule has 96 valence electrons. The minimum atomic E-state index is 0.515. The van der Waals surface area contributed by atoms with Gasteiger partial charge in [0.05, 0.1) is 17.6 Å². The van der Waals surface area contributed by atoms with Crippen molar-refractivity contribution in [2.45, 2.75) is 13.5 Å². The molecule has 0 fully saturated rings. The maximum Gasteiger partial charge on any atom is 0.201 e. The molecule has 0 bridgehead atoms. The topological polar surface area (TPSA) is 69.9 Å². The van der Waals surface area contributed by atoms with Gasteiger partial charge in [0.2, 0.25) is 5.95 Å². The summed E-state index contributed by atoms with van der Waals surface area (Å²) in [6, 6.07) is 14.1. The van der Waals surface area contributed by atoms with Crippen molar-refractivity contribution in [3.63, 3.8) is 0 Å². The number of aryl methyl sites for hydroxylation is 1. The Morgan fingerprint density at radius 3 is 2.53 bits per heavy atom. The summed E-state index contributed by atoms with van der Waals surface area (Å²) >= 11 is 0. The molecule has 0 unspecified atom stereocenters. The molecule has 1 heterocycles. The van der Waals surface area contributed by atoms with Crippen LogP contribution in [0.1, 0.15) is 11.1 Å². The van der Waals surface area contributed by atoms with Gasteiger partial charge < -0.3 is 16.0 Å². The van der Waals surface area contributed by atoms with E-state index in [-0.39, 0.29) is 0 Å². The van der Waals surface area contributed by atoms with Gasteiger partial charge in [0.25, 0.3) is 0 Å². The molecule has 2 aromatic carbocycles. The monoisotopic (exact) mass is 252 g/mol. The van der Waals surface area contributed by atoms with Crippen LogP contribution in [-0.2, 0) is 6.54 Å². The largest absolute Gasteiger partial charge is 0.399 e. The van der Waals surface area contributed by atoms with Crippen LogP contribution in [0.25, 0.3) is 11.0 Å². The second-order valence-corrected chi connectivity index (χ2v) is 4.79. The molecule has 0 aliphatic carbocycles. The van der Waals surface area contributed by atoms with Crippen LogP contribution in [0.5, 0.6) is 0 Å². The predicted octanol–water partition coefficient (Wildman–Crippen LogP) is 2.56. The van der Waals surface area contributed by atoms with E-state index < -0.39 is 0 Å². The minimum Gasteiger partial charge on any atom is -0.399 e. The molecule has 0 amide bonds. The predicted molar refractivity (Wildman–Crippen MR) is 78.8 cm³/mol. The van der Waals surface area contributed by atoms with Crippen molar-refractivity contribution in [3.05, 3.63) is 53.6 Å². The number of fused-ring (bicyclic) bond motifs is 1. The van der Waals surface area contributed by atoms with E-state index in [1.807, 2.05) is 22.8 Å². The standard InChI is InChI=1S/C15H16N4/c1-10-2-4-11(5-3-10)9-19-14-7-6-12(16)8-13(14)18-15(19)17/h2-8H,9,16H2,1H3,(H2,17,18). The maximum atomic E-state index is 5.99. The van der Waals surface area contributed by atoms with Gasteiger partial charge in [-0.2, -0.15) is 0 Å². The number of nitrogen functional groups attached to an aromatic ring is 2. The Hall–Kier alpha value is -2.49. The Labute approximate surface area is 111 Å².